The summed E-state index contributed by atoms with van der Waals surface area (Å²) in [5.41, 5.74) is 8.40. The highest BCUT2D eigenvalue weighted by Gasteiger charge is 2.37. The molecule has 0 saturated carbocycles. The average Bonchev–Trinajstić information content (AvgIpc) is 2.81. The Kier molecular flexibility index (Phi) is 2.49. The fourth-order valence-electron chi connectivity index (χ4n) is 4.01. The zero-order chi connectivity index (χ0) is 15.6. The van der Waals surface area contributed by atoms with Crippen LogP contribution in [0.5, 0.6) is 0 Å². The third-order valence-electron chi connectivity index (χ3n) is 5.20. The summed E-state index contributed by atoms with van der Waals surface area (Å²) in [4.78, 5) is 0. The van der Waals surface area contributed by atoms with Gasteiger partial charge in [0, 0.05) is 16.8 Å². The van der Waals surface area contributed by atoms with E-state index in [9.17, 15) is 0 Å². The highest BCUT2D eigenvalue weighted by molar-refractivity contribution is 6.73. The largest absolute Gasteiger partial charge is 0.356 e. The van der Waals surface area contributed by atoms with E-state index in [0.717, 1.165) is 0 Å². The molecule has 0 unspecified atom stereocenters. The topological polar surface area (TPSA) is 12.0 Å². The van der Waals surface area contributed by atoms with E-state index >= 15 is 0 Å². The molecule has 0 atom stereocenters. The van der Waals surface area contributed by atoms with Gasteiger partial charge in [0.25, 0.3) is 0 Å². The van der Waals surface area contributed by atoms with Crippen LogP contribution in [-0.4, -0.2) is 9.52 Å². The maximum atomic E-state index is 3.64. The molecule has 1 aliphatic carbocycles. The van der Waals surface area contributed by atoms with E-state index in [0.29, 0.717) is 9.52 Å². The summed E-state index contributed by atoms with van der Waals surface area (Å²) in [5, 5.41) is 6.52. The van der Waals surface area contributed by atoms with Crippen molar-refractivity contribution in [1.82, 2.24) is 0 Å². The van der Waals surface area contributed by atoms with Gasteiger partial charge < -0.3 is 5.32 Å². The van der Waals surface area contributed by atoms with Gasteiger partial charge in [0.2, 0.25) is 0 Å². The summed E-state index contributed by atoms with van der Waals surface area (Å²) < 4.78 is 0. The predicted molar refractivity (Wildman–Crippen MR) is 98.8 cm³/mol. The van der Waals surface area contributed by atoms with E-state index in [-0.39, 0.29) is 5.41 Å². The monoisotopic (exact) mass is 311 g/mol. The predicted octanol–water partition coefficient (Wildman–Crippen LogP) is 3.70. The van der Waals surface area contributed by atoms with Crippen LogP contribution >= 0.6 is 0 Å². The van der Waals surface area contributed by atoms with Crippen molar-refractivity contribution in [1.29, 1.82) is 0 Å². The Morgan fingerprint density at radius 1 is 0.783 bits per heavy atom. The second-order valence-electron chi connectivity index (χ2n) is 6.88. The van der Waals surface area contributed by atoms with Crippen molar-refractivity contribution < 1.29 is 0 Å². The van der Waals surface area contributed by atoms with E-state index in [4.69, 9.17) is 0 Å². The number of hydrogen-bond donors (Lipinski definition) is 1. The first-order valence-corrected chi connectivity index (χ1v) is 9.07. The zero-order valence-corrected chi connectivity index (χ0v) is 14.3. The fourth-order valence-corrected chi connectivity index (χ4v) is 5.41. The standard InChI is InChI=1S/C21H17NSi/c1-21(2)14-8-4-3-7-13(14)19-15(21)11-12-17-20(19)23-18-10-6-5-9-16(18)22-17/h3-12,22H,1-2H3. The van der Waals surface area contributed by atoms with E-state index in [2.05, 4.69) is 79.8 Å². The van der Waals surface area contributed by atoms with E-state index < -0.39 is 0 Å². The Labute approximate surface area is 139 Å². The van der Waals surface area contributed by atoms with Crippen molar-refractivity contribution in [3.05, 3.63) is 71.8 Å². The van der Waals surface area contributed by atoms with Gasteiger partial charge in [-0.15, -0.1) is 0 Å². The summed E-state index contributed by atoms with van der Waals surface area (Å²) in [6.07, 6.45) is 0. The minimum atomic E-state index is 0.0857. The van der Waals surface area contributed by atoms with Crippen molar-refractivity contribution >= 4 is 31.3 Å². The summed E-state index contributed by atoms with van der Waals surface area (Å²) >= 11 is 0. The maximum Gasteiger partial charge on any atom is 0.128 e. The molecule has 1 heterocycles. The Morgan fingerprint density at radius 3 is 2.48 bits per heavy atom. The highest BCUT2D eigenvalue weighted by atomic mass is 28.2. The molecule has 3 aromatic rings. The van der Waals surface area contributed by atoms with Crippen molar-refractivity contribution in [2.45, 2.75) is 19.3 Å². The molecule has 0 saturated heterocycles. The van der Waals surface area contributed by atoms with Gasteiger partial charge in [-0.25, -0.2) is 0 Å². The van der Waals surface area contributed by atoms with E-state index in [1.165, 1.54) is 44.0 Å². The molecule has 0 spiro atoms. The Hall–Kier alpha value is -2.32. The third-order valence-corrected chi connectivity index (χ3v) is 6.68. The molecule has 5 rings (SSSR count). The lowest BCUT2D eigenvalue weighted by atomic mass is 9.82. The molecule has 0 bridgehead atoms. The van der Waals surface area contributed by atoms with Gasteiger partial charge in [-0.05, 0) is 44.8 Å². The lowest BCUT2D eigenvalue weighted by Gasteiger charge is -2.25. The van der Waals surface area contributed by atoms with Gasteiger partial charge in [-0.3, -0.25) is 0 Å². The Morgan fingerprint density at radius 2 is 1.57 bits per heavy atom. The molecule has 110 valence electrons. The minimum Gasteiger partial charge on any atom is -0.356 e. The maximum absolute atomic E-state index is 3.64. The van der Waals surface area contributed by atoms with Crippen LogP contribution in [0.25, 0.3) is 11.1 Å². The van der Waals surface area contributed by atoms with Crippen molar-refractivity contribution in [3.8, 4) is 11.1 Å². The molecule has 1 aliphatic heterocycles. The van der Waals surface area contributed by atoms with Gasteiger partial charge in [-0.1, -0.05) is 62.4 Å². The first-order valence-electron chi connectivity index (χ1n) is 8.07. The van der Waals surface area contributed by atoms with Crippen LogP contribution in [0.3, 0.4) is 0 Å². The van der Waals surface area contributed by atoms with Gasteiger partial charge in [0.05, 0.1) is 0 Å². The molecule has 1 nitrogen and oxygen atoms in total. The average molecular weight is 311 g/mol. The van der Waals surface area contributed by atoms with E-state index in [1.54, 1.807) is 0 Å². The molecule has 0 amide bonds. The van der Waals surface area contributed by atoms with Crippen LogP contribution in [0.15, 0.2) is 60.7 Å². The lowest BCUT2D eigenvalue weighted by molar-refractivity contribution is 0.660. The SMILES string of the molecule is CC1(C)c2ccccc2-c2c1ccc1c2[Si]c2ccccc2N1. The molecule has 3 aromatic carbocycles. The van der Waals surface area contributed by atoms with Crippen LogP contribution in [0.1, 0.15) is 25.0 Å². The minimum absolute atomic E-state index is 0.0857. The molecule has 2 heteroatoms. The molecule has 2 radical (unpaired) electrons. The lowest BCUT2D eigenvalue weighted by Crippen LogP contribution is -2.37. The third kappa shape index (κ3) is 1.67. The Bertz CT molecular complexity index is 956. The van der Waals surface area contributed by atoms with Crippen LogP contribution in [0.4, 0.5) is 11.4 Å². The number of fused-ring (bicyclic) bond motifs is 6. The second-order valence-corrected chi connectivity index (χ2v) is 8.17. The molecular weight excluding hydrogens is 294 g/mol. The van der Waals surface area contributed by atoms with Crippen molar-refractivity contribution in [3.63, 3.8) is 0 Å². The first-order chi connectivity index (χ1) is 11.2. The van der Waals surface area contributed by atoms with Gasteiger partial charge in [0.1, 0.15) is 9.52 Å². The van der Waals surface area contributed by atoms with Crippen LogP contribution in [0, 0.1) is 0 Å². The molecule has 23 heavy (non-hydrogen) atoms. The highest BCUT2D eigenvalue weighted by Crippen LogP contribution is 2.48. The van der Waals surface area contributed by atoms with Crippen molar-refractivity contribution in [2.24, 2.45) is 0 Å². The second kappa shape index (κ2) is 4.36. The molecule has 1 N–H and O–H groups in total. The smallest absolute Gasteiger partial charge is 0.128 e. The number of para-hydroxylation sites is 1. The zero-order valence-electron chi connectivity index (χ0n) is 13.3. The number of hydrogen-bond acceptors (Lipinski definition) is 1. The van der Waals surface area contributed by atoms with E-state index in [1.807, 2.05) is 0 Å². The summed E-state index contributed by atoms with van der Waals surface area (Å²) in [6.45, 7) is 4.69. The fraction of sp³-hybridized carbons (Fsp3) is 0.143. The normalized spacial score (nSPS) is 15.9. The van der Waals surface area contributed by atoms with Gasteiger partial charge in [-0.2, -0.15) is 0 Å². The number of benzene rings is 3. The van der Waals surface area contributed by atoms with Crippen LogP contribution in [-0.2, 0) is 5.41 Å². The summed E-state index contributed by atoms with van der Waals surface area (Å²) in [6, 6.07) is 22.1. The summed E-state index contributed by atoms with van der Waals surface area (Å²) in [5.74, 6) is 0. The quantitative estimate of drug-likeness (QED) is 0.488. The number of anilines is 2. The van der Waals surface area contributed by atoms with Crippen LogP contribution < -0.4 is 15.7 Å². The van der Waals surface area contributed by atoms with Gasteiger partial charge in [0.15, 0.2) is 0 Å². The molecule has 0 aromatic heterocycles. The molecule has 2 aliphatic rings. The van der Waals surface area contributed by atoms with Gasteiger partial charge >= 0.3 is 0 Å². The van der Waals surface area contributed by atoms with Crippen LogP contribution in [0.2, 0.25) is 0 Å². The summed E-state index contributed by atoms with van der Waals surface area (Å²) in [7, 11) is 0.711. The number of rotatable bonds is 0. The first kappa shape index (κ1) is 13.1. The molecular formula is C21H17NSi. The Balaban J connectivity index is 1.80. The number of nitrogens with one attached hydrogen (secondary N) is 1. The molecule has 0 fully saturated rings. The van der Waals surface area contributed by atoms with Crippen molar-refractivity contribution in [2.75, 3.05) is 5.32 Å².